The fraction of sp³-hybridized carbons (Fsp3) is 0.147. The van der Waals surface area contributed by atoms with Crippen LogP contribution in [0.5, 0.6) is 23.0 Å². The van der Waals surface area contributed by atoms with Crippen LogP contribution in [0.1, 0.15) is 45.1 Å². The van der Waals surface area contributed by atoms with Gasteiger partial charge in [0, 0.05) is 53.0 Å². The summed E-state index contributed by atoms with van der Waals surface area (Å²) in [5.41, 5.74) is 4.48. The Morgan fingerprint density at radius 2 is 1.88 bits per heavy atom. The molecule has 2 aromatic heterocycles. The Kier molecular flexibility index (Phi) is 6.23. The van der Waals surface area contributed by atoms with Crippen molar-refractivity contribution in [1.29, 1.82) is 0 Å². The van der Waals surface area contributed by atoms with Gasteiger partial charge in [-0.05, 0) is 54.6 Å². The highest BCUT2D eigenvalue weighted by Crippen LogP contribution is 2.50. The predicted octanol–water partition coefficient (Wildman–Crippen LogP) is 6.22. The molecule has 0 bridgehead atoms. The number of carbonyl (C=O) groups is 2. The molecule has 0 amide bonds. The zero-order valence-corrected chi connectivity index (χ0v) is 23.0. The van der Waals surface area contributed by atoms with E-state index in [0.717, 1.165) is 33.5 Å². The number of benzene rings is 3. The number of pyridine rings is 1. The van der Waals surface area contributed by atoms with Gasteiger partial charge in [0.1, 0.15) is 29.6 Å². The third kappa shape index (κ3) is 4.37. The van der Waals surface area contributed by atoms with Crippen molar-refractivity contribution in [3.8, 4) is 23.0 Å². The summed E-state index contributed by atoms with van der Waals surface area (Å²) in [6.07, 6.45) is 5.50. The number of methoxy groups -OCH3 is 1. The summed E-state index contributed by atoms with van der Waals surface area (Å²) in [6, 6.07) is 22.4. The van der Waals surface area contributed by atoms with Crippen LogP contribution in [0.15, 0.2) is 90.9 Å². The van der Waals surface area contributed by atoms with Gasteiger partial charge >= 0.3 is 5.97 Å². The lowest BCUT2D eigenvalue weighted by atomic mass is 9.84. The predicted molar refractivity (Wildman–Crippen MR) is 156 cm³/mol. The number of nitrogens with zero attached hydrogens (tertiary/aromatic N) is 2. The summed E-state index contributed by atoms with van der Waals surface area (Å²) in [6.45, 7) is 0.270. The Hall–Kier alpha value is -5.37. The summed E-state index contributed by atoms with van der Waals surface area (Å²) in [7, 11) is 3.57. The van der Waals surface area contributed by atoms with Gasteiger partial charge in [0.25, 0.3) is 0 Å². The van der Waals surface area contributed by atoms with Crippen molar-refractivity contribution in [2.45, 2.75) is 18.9 Å². The van der Waals surface area contributed by atoms with Crippen LogP contribution in [-0.4, -0.2) is 28.4 Å². The van der Waals surface area contributed by atoms with Crippen molar-refractivity contribution >= 4 is 28.7 Å². The zero-order chi connectivity index (χ0) is 28.8. The lowest BCUT2D eigenvalue weighted by molar-refractivity contribution is -0.135. The van der Waals surface area contributed by atoms with E-state index in [1.807, 2.05) is 78.5 Å². The van der Waals surface area contributed by atoms with Gasteiger partial charge in [-0.2, -0.15) is 0 Å². The molecule has 2 aliphatic rings. The average molecular weight is 559 g/mol. The standard InChI is InChI=1S/C34H26N2O6/c1-36-18-20(25-16-22(39-2)10-12-27(25)36)15-30-33(38)24-11-13-29-32(34(24)42-30)26(17-31(37)41-29)23-8-3-4-9-28(23)40-19-21-7-5-6-14-35-21/h3-16,18,26H,17,19H2,1-2H3/b30-15-/t26-/m0/s1. The molecule has 8 heteroatoms. The van der Waals surface area contributed by atoms with Crippen molar-refractivity contribution in [2.24, 2.45) is 7.05 Å². The number of ether oxygens (including phenoxy) is 4. The summed E-state index contributed by atoms with van der Waals surface area (Å²) in [5.74, 6) is 1.28. The van der Waals surface area contributed by atoms with Gasteiger partial charge in [0.2, 0.25) is 5.78 Å². The smallest absolute Gasteiger partial charge is 0.312 e. The molecule has 0 N–H and O–H groups in total. The monoisotopic (exact) mass is 558 g/mol. The minimum Gasteiger partial charge on any atom is -0.497 e. The Labute approximate surface area is 241 Å². The molecule has 0 fully saturated rings. The molecule has 0 saturated heterocycles. The minimum absolute atomic E-state index is 0.0765. The van der Waals surface area contributed by atoms with Crippen LogP contribution in [0, 0.1) is 0 Å². The largest absolute Gasteiger partial charge is 0.497 e. The van der Waals surface area contributed by atoms with Crippen molar-refractivity contribution in [3.63, 3.8) is 0 Å². The maximum atomic E-state index is 13.6. The first kappa shape index (κ1) is 25.6. The highest BCUT2D eigenvalue weighted by atomic mass is 16.5. The minimum atomic E-state index is -0.440. The molecule has 2 aliphatic heterocycles. The van der Waals surface area contributed by atoms with Gasteiger partial charge in [-0.25, -0.2) is 0 Å². The maximum absolute atomic E-state index is 13.6. The first-order valence-electron chi connectivity index (χ1n) is 13.6. The van der Waals surface area contributed by atoms with Gasteiger partial charge in [-0.1, -0.05) is 24.3 Å². The van der Waals surface area contributed by atoms with Gasteiger partial charge in [-0.15, -0.1) is 0 Å². The Morgan fingerprint density at radius 3 is 2.71 bits per heavy atom. The lowest BCUT2D eigenvalue weighted by Crippen LogP contribution is -2.22. The number of esters is 1. The molecule has 0 aliphatic carbocycles. The number of fused-ring (bicyclic) bond motifs is 4. The van der Waals surface area contributed by atoms with E-state index in [-0.39, 0.29) is 30.5 Å². The number of hydrogen-bond acceptors (Lipinski definition) is 7. The number of aromatic nitrogens is 2. The number of rotatable bonds is 6. The molecule has 0 saturated carbocycles. The van der Waals surface area contributed by atoms with Crippen molar-refractivity contribution in [3.05, 3.63) is 119 Å². The van der Waals surface area contributed by atoms with Gasteiger partial charge in [0.05, 0.1) is 24.8 Å². The van der Waals surface area contributed by atoms with Crippen LogP contribution in [0.3, 0.4) is 0 Å². The second-order valence-electron chi connectivity index (χ2n) is 10.3. The van der Waals surface area contributed by atoms with E-state index in [1.165, 1.54) is 0 Å². The number of Topliss-reactive ketones (excluding diaryl/α,β-unsaturated/α-hetero) is 1. The number of allylic oxidation sites excluding steroid dienone is 1. The van der Waals surface area contributed by atoms with Crippen molar-refractivity contribution in [2.75, 3.05) is 7.11 Å². The molecular weight excluding hydrogens is 532 g/mol. The molecule has 7 rings (SSSR count). The van der Waals surface area contributed by atoms with Crippen molar-refractivity contribution < 1.29 is 28.5 Å². The number of hydrogen-bond donors (Lipinski definition) is 0. The Morgan fingerprint density at radius 1 is 1.02 bits per heavy atom. The van der Waals surface area contributed by atoms with Crippen LogP contribution >= 0.6 is 0 Å². The topological polar surface area (TPSA) is 88.9 Å². The number of carbonyl (C=O) groups excluding carboxylic acids is 2. The summed E-state index contributed by atoms with van der Waals surface area (Å²) in [4.78, 5) is 30.7. The molecule has 0 unspecified atom stereocenters. The second-order valence-corrected chi connectivity index (χ2v) is 10.3. The second kappa shape index (κ2) is 10.2. The van der Waals surface area contributed by atoms with Crippen LogP contribution in [0.4, 0.5) is 0 Å². The summed E-state index contributed by atoms with van der Waals surface area (Å²) < 4.78 is 25.6. The SMILES string of the molecule is COc1ccc2c(c1)c(/C=C1\Oc3c(ccc4c3[C@H](c3ccccc3OCc3ccccn3)CC(=O)O4)C1=O)cn2C. The van der Waals surface area contributed by atoms with Crippen LogP contribution in [0.2, 0.25) is 0 Å². The number of ketones is 1. The first-order valence-corrected chi connectivity index (χ1v) is 13.6. The highest BCUT2D eigenvalue weighted by Gasteiger charge is 2.39. The summed E-state index contributed by atoms with van der Waals surface area (Å²) in [5, 5.41) is 0.935. The number of aryl methyl sites for hydroxylation is 1. The fourth-order valence-corrected chi connectivity index (χ4v) is 5.69. The third-order valence-electron chi connectivity index (χ3n) is 7.69. The molecule has 5 aromatic rings. The highest BCUT2D eigenvalue weighted by molar-refractivity contribution is 6.15. The lowest BCUT2D eigenvalue weighted by Gasteiger charge is -2.27. The zero-order valence-electron chi connectivity index (χ0n) is 23.0. The first-order chi connectivity index (χ1) is 20.5. The average Bonchev–Trinajstić information content (AvgIpc) is 3.50. The van der Waals surface area contributed by atoms with E-state index in [1.54, 1.807) is 31.5 Å². The van der Waals surface area contributed by atoms with E-state index in [2.05, 4.69) is 4.98 Å². The quantitative estimate of drug-likeness (QED) is 0.139. The molecule has 1 atom stereocenters. The van der Waals surface area contributed by atoms with Gasteiger partial charge in [0.15, 0.2) is 5.76 Å². The van der Waals surface area contributed by atoms with E-state index < -0.39 is 5.92 Å². The normalized spacial score (nSPS) is 16.6. The van der Waals surface area contributed by atoms with E-state index in [4.69, 9.17) is 18.9 Å². The van der Waals surface area contributed by atoms with E-state index in [9.17, 15) is 9.59 Å². The molecule has 8 nitrogen and oxygen atoms in total. The maximum Gasteiger partial charge on any atom is 0.312 e. The molecular formula is C34H26N2O6. The Balaban J connectivity index is 1.28. The van der Waals surface area contributed by atoms with Crippen LogP contribution in [0.25, 0.3) is 17.0 Å². The molecule has 42 heavy (non-hydrogen) atoms. The van der Waals surface area contributed by atoms with E-state index >= 15 is 0 Å². The molecule has 208 valence electrons. The van der Waals surface area contributed by atoms with Gasteiger partial charge in [-0.3, -0.25) is 14.6 Å². The third-order valence-corrected chi connectivity index (χ3v) is 7.69. The molecule has 4 heterocycles. The molecule has 0 radical (unpaired) electrons. The van der Waals surface area contributed by atoms with Crippen LogP contribution in [-0.2, 0) is 18.4 Å². The Bertz CT molecular complexity index is 1910. The van der Waals surface area contributed by atoms with Gasteiger partial charge < -0.3 is 23.5 Å². The molecule has 3 aromatic carbocycles. The van der Waals surface area contributed by atoms with Crippen LogP contribution < -0.4 is 18.9 Å². The molecule has 0 spiro atoms. The van der Waals surface area contributed by atoms with E-state index in [0.29, 0.717) is 28.4 Å². The fourth-order valence-electron chi connectivity index (χ4n) is 5.69. The van der Waals surface area contributed by atoms with Crippen molar-refractivity contribution in [1.82, 2.24) is 9.55 Å². The summed E-state index contributed by atoms with van der Waals surface area (Å²) >= 11 is 0. The number of para-hydroxylation sites is 1.